The molecule has 0 spiro atoms. The standard InChI is InChI=1S/C19H25N7OS/c1-3-14-13-24-17(28-14)9-12-23-19(20-4-2)22-11-8-16-25-18(27-26-16)15-7-5-6-10-21-15/h5-7,10,13H,3-4,8-9,11-12H2,1-2H3,(H2,20,22,23). The normalized spacial score (nSPS) is 11.6. The monoisotopic (exact) mass is 399 g/mol. The summed E-state index contributed by atoms with van der Waals surface area (Å²) in [4.78, 5) is 19.0. The number of aliphatic imine (C=N–C) groups is 1. The fraction of sp³-hybridized carbons (Fsp3) is 0.421. The lowest BCUT2D eigenvalue weighted by atomic mass is 10.3. The van der Waals surface area contributed by atoms with Gasteiger partial charge < -0.3 is 15.2 Å². The number of nitrogens with zero attached hydrogens (tertiary/aromatic N) is 5. The van der Waals surface area contributed by atoms with Crippen LogP contribution in [0.2, 0.25) is 0 Å². The molecule has 3 rings (SSSR count). The first-order chi connectivity index (χ1) is 13.8. The van der Waals surface area contributed by atoms with Gasteiger partial charge in [0.15, 0.2) is 11.8 Å². The van der Waals surface area contributed by atoms with E-state index in [9.17, 15) is 0 Å². The highest BCUT2D eigenvalue weighted by Crippen LogP contribution is 2.14. The Hall–Kier alpha value is -2.81. The number of hydrogen-bond acceptors (Lipinski definition) is 7. The summed E-state index contributed by atoms with van der Waals surface area (Å²) < 4.78 is 5.28. The maximum absolute atomic E-state index is 5.28. The van der Waals surface area contributed by atoms with Crippen molar-refractivity contribution in [1.82, 2.24) is 30.7 Å². The summed E-state index contributed by atoms with van der Waals surface area (Å²) in [5, 5.41) is 11.7. The first-order valence-electron chi connectivity index (χ1n) is 9.48. The van der Waals surface area contributed by atoms with E-state index < -0.39 is 0 Å². The van der Waals surface area contributed by atoms with Crippen molar-refractivity contribution in [2.24, 2.45) is 4.99 Å². The van der Waals surface area contributed by atoms with E-state index in [1.807, 2.05) is 31.3 Å². The Balaban J connectivity index is 1.47. The third-order valence-electron chi connectivity index (χ3n) is 3.88. The molecule has 28 heavy (non-hydrogen) atoms. The summed E-state index contributed by atoms with van der Waals surface area (Å²) in [6.07, 6.45) is 6.17. The molecule has 0 aliphatic rings. The van der Waals surface area contributed by atoms with Crippen molar-refractivity contribution in [3.63, 3.8) is 0 Å². The predicted molar refractivity (Wildman–Crippen MR) is 110 cm³/mol. The van der Waals surface area contributed by atoms with Gasteiger partial charge in [0.25, 0.3) is 5.89 Å². The van der Waals surface area contributed by atoms with Crippen LogP contribution in [0.4, 0.5) is 0 Å². The second kappa shape index (κ2) is 10.5. The van der Waals surface area contributed by atoms with E-state index in [1.165, 1.54) is 4.88 Å². The molecular formula is C19H25N7OS. The Morgan fingerprint density at radius 2 is 2.11 bits per heavy atom. The van der Waals surface area contributed by atoms with Gasteiger partial charge in [-0.2, -0.15) is 4.98 Å². The van der Waals surface area contributed by atoms with Crippen LogP contribution in [0.1, 0.15) is 29.6 Å². The topological polar surface area (TPSA) is 101 Å². The average Bonchev–Trinajstić information content (AvgIpc) is 3.38. The number of thiazole rings is 1. The highest BCUT2D eigenvalue weighted by atomic mass is 32.1. The van der Waals surface area contributed by atoms with Crippen LogP contribution in [-0.4, -0.2) is 45.7 Å². The Morgan fingerprint density at radius 3 is 2.86 bits per heavy atom. The molecule has 0 radical (unpaired) electrons. The van der Waals surface area contributed by atoms with Crippen LogP contribution in [0, 0.1) is 0 Å². The summed E-state index contributed by atoms with van der Waals surface area (Å²) >= 11 is 1.76. The van der Waals surface area contributed by atoms with E-state index in [1.54, 1.807) is 17.5 Å². The third kappa shape index (κ3) is 5.85. The number of aromatic nitrogens is 4. The lowest BCUT2D eigenvalue weighted by Gasteiger charge is -2.10. The van der Waals surface area contributed by atoms with E-state index in [-0.39, 0.29) is 0 Å². The lowest BCUT2D eigenvalue weighted by molar-refractivity contribution is 0.421. The van der Waals surface area contributed by atoms with Gasteiger partial charge in [0, 0.05) is 49.7 Å². The highest BCUT2D eigenvalue weighted by molar-refractivity contribution is 7.11. The van der Waals surface area contributed by atoms with E-state index in [0.29, 0.717) is 36.9 Å². The third-order valence-corrected chi connectivity index (χ3v) is 5.08. The number of aryl methyl sites for hydroxylation is 1. The Kier molecular flexibility index (Phi) is 7.48. The molecule has 0 fully saturated rings. The molecular weight excluding hydrogens is 374 g/mol. The molecule has 3 aromatic rings. The fourth-order valence-electron chi connectivity index (χ4n) is 2.47. The van der Waals surface area contributed by atoms with Crippen molar-refractivity contribution in [3.8, 4) is 11.6 Å². The number of hydrogen-bond donors (Lipinski definition) is 2. The zero-order valence-corrected chi connectivity index (χ0v) is 17.0. The molecule has 0 amide bonds. The van der Waals surface area contributed by atoms with Crippen molar-refractivity contribution in [1.29, 1.82) is 0 Å². The van der Waals surface area contributed by atoms with Crippen molar-refractivity contribution >= 4 is 17.3 Å². The molecule has 0 aliphatic heterocycles. The molecule has 3 heterocycles. The summed E-state index contributed by atoms with van der Waals surface area (Å²) in [6, 6.07) is 5.59. The predicted octanol–water partition coefficient (Wildman–Crippen LogP) is 2.49. The maximum atomic E-state index is 5.28. The van der Waals surface area contributed by atoms with Gasteiger partial charge in [0.2, 0.25) is 0 Å². The van der Waals surface area contributed by atoms with Crippen molar-refractivity contribution in [2.45, 2.75) is 33.1 Å². The molecule has 148 valence electrons. The molecule has 0 bridgehead atoms. The largest absolute Gasteiger partial charge is 0.357 e. The maximum Gasteiger partial charge on any atom is 0.276 e. The van der Waals surface area contributed by atoms with E-state index >= 15 is 0 Å². The second-order valence-corrected chi connectivity index (χ2v) is 7.19. The molecule has 3 aromatic heterocycles. The molecule has 0 saturated heterocycles. The Bertz CT molecular complexity index is 875. The first-order valence-corrected chi connectivity index (χ1v) is 10.3. The Labute approximate surface area is 168 Å². The average molecular weight is 400 g/mol. The smallest absolute Gasteiger partial charge is 0.276 e. The van der Waals surface area contributed by atoms with E-state index in [4.69, 9.17) is 4.52 Å². The van der Waals surface area contributed by atoms with Gasteiger partial charge in [0.1, 0.15) is 5.69 Å². The molecule has 0 aromatic carbocycles. The van der Waals surface area contributed by atoms with Gasteiger partial charge in [-0.3, -0.25) is 9.98 Å². The molecule has 0 aliphatic carbocycles. The van der Waals surface area contributed by atoms with Crippen LogP contribution in [0.3, 0.4) is 0 Å². The summed E-state index contributed by atoms with van der Waals surface area (Å²) in [5.41, 5.74) is 0.678. The van der Waals surface area contributed by atoms with Crippen LogP contribution in [-0.2, 0) is 19.3 Å². The summed E-state index contributed by atoms with van der Waals surface area (Å²) in [5.74, 6) is 1.85. The van der Waals surface area contributed by atoms with E-state index in [0.717, 1.165) is 30.4 Å². The van der Waals surface area contributed by atoms with E-state index in [2.05, 4.69) is 42.7 Å². The van der Waals surface area contributed by atoms with Crippen LogP contribution < -0.4 is 10.6 Å². The SMILES string of the molecule is CCNC(=NCCc1ncc(CC)s1)NCCc1noc(-c2ccccn2)n1. The van der Waals surface area contributed by atoms with Crippen LogP contribution in [0.15, 0.2) is 40.1 Å². The minimum atomic E-state index is 0.436. The number of nitrogens with one attached hydrogen (secondary N) is 2. The summed E-state index contributed by atoms with van der Waals surface area (Å²) in [7, 11) is 0. The van der Waals surface area contributed by atoms with Crippen molar-refractivity contribution < 1.29 is 4.52 Å². The molecule has 8 nitrogen and oxygen atoms in total. The number of guanidine groups is 1. The molecule has 2 N–H and O–H groups in total. The van der Waals surface area contributed by atoms with Crippen LogP contribution in [0.25, 0.3) is 11.6 Å². The van der Waals surface area contributed by atoms with Crippen molar-refractivity contribution in [3.05, 3.63) is 46.3 Å². The fourth-order valence-corrected chi connectivity index (χ4v) is 3.32. The molecule has 0 unspecified atom stereocenters. The lowest BCUT2D eigenvalue weighted by Crippen LogP contribution is -2.38. The zero-order valence-electron chi connectivity index (χ0n) is 16.2. The molecule has 0 saturated carbocycles. The minimum Gasteiger partial charge on any atom is -0.357 e. The zero-order chi connectivity index (χ0) is 19.6. The van der Waals surface area contributed by atoms with Crippen LogP contribution in [0.5, 0.6) is 0 Å². The quantitative estimate of drug-likeness (QED) is 0.421. The van der Waals surface area contributed by atoms with Crippen LogP contribution >= 0.6 is 11.3 Å². The minimum absolute atomic E-state index is 0.436. The van der Waals surface area contributed by atoms with Gasteiger partial charge in [-0.25, -0.2) is 4.98 Å². The van der Waals surface area contributed by atoms with Crippen molar-refractivity contribution in [2.75, 3.05) is 19.6 Å². The molecule has 0 atom stereocenters. The Morgan fingerprint density at radius 1 is 1.18 bits per heavy atom. The first kappa shape index (κ1) is 19.9. The summed E-state index contributed by atoms with van der Waals surface area (Å²) in [6.45, 7) is 6.34. The van der Waals surface area contributed by atoms with Gasteiger partial charge >= 0.3 is 0 Å². The second-order valence-electron chi connectivity index (χ2n) is 5.99. The number of rotatable bonds is 9. The van der Waals surface area contributed by atoms with Gasteiger partial charge in [0.05, 0.1) is 5.01 Å². The number of pyridine rings is 1. The van der Waals surface area contributed by atoms with Gasteiger partial charge in [-0.1, -0.05) is 18.1 Å². The molecule has 9 heteroatoms. The highest BCUT2D eigenvalue weighted by Gasteiger charge is 2.09. The van der Waals surface area contributed by atoms with Gasteiger partial charge in [-0.15, -0.1) is 11.3 Å². The van der Waals surface area contributed by atoms with Gasteiger partial charge in [-0.05, 0) is 25.5 Å².